The van der Waals surface area contributed by atoms with E-state index in [1.165, 1.54) is 6.20 Å². The van der Waals surface area contributed by atoms with Crippen molar-refractivity contribution in [1.29, 1.82) is 0 Å². The Morgan fingerprint density at radius 2 is 2.04 bits per heavy atom. The van der Waals surface area contributed by atoms with Gasteiger partial charge in [-0.2, -0.15) is 5.10 Å². The summed E-state index contributed by atoms with van der Waals surface area (Å²) in [6, 6.07) is 7.43. The van der Waals surface area contributed by atoms with Crippen molar-refractivity contribution in [3.05, 3.63) is 47.8 Å². The predicted octanol–water partition coefficient (Wildman–Crippen LogP) is 1.98. The van der Waals surface area contributed by atoms with Gasteiger partial charge >= 0.3 is 6.03 Å². The highest BCUT2D eigenvalue weighted by Crippen LogP contribution is 2.14. The molecule has 2 heterocycles. The van der Waals surface area contributed by atoms with Crippen LogP contribution in [0.25, 0.3) is 0 Å². The molecule has 3 rings (SSSR count). The first kappa shape index (κ1) is 16.0. The van der Waals surface area contributed by atoms with Crippen LogP contribution in [-0.2, 0) is 13.6 Å². The van der Waals surface area contributed by atoms with Crippen molar-refractivity contribution in [2.24, 2.45) is 7.05 Å². The molecule has 3 amide bonds. The van der Waals surface area contributed by atoms with Crippen molar-refractivity contribution >= 4 is 17.6 Å². The van der Waals surface area contributed by atoms with Crippen LogP contribution in [-0.4, -0.2) is 39.7 Å². The molecule has 0 spiro atoms. The summed E-state index contributed by atoms with van der Waals surface area (Å²) in [4.78, 5) is 26.0. The Balaban J connectivity index is 1.56. The van der Waals surface area contributed by atoms with E-state index >= 15 is 0 Å². The van der Waals surface area contributed by atoms with Crippen LogP contribution in [0.1, 0.15) is 28.8 Å². The summed E-state index contributed by atoms with van der Waals surface area (Å²) in [6.45, 7) is 2.01. The Morgan fingerprint density at radius 1 is 1.25 bits per heavy atom. The second-order valence-electron chi connectivity index (χ2n) is 5.91. The lowest BCUT2D eigenvalue weighted by molar-refractivity contribution is 0.0951. The average Bonchev–Trinajstić information content (AvgIpc) is 3.24. The molecule has 0 atom stereocenters. The first-order chi connectivity index (χ1) is 11.6. The first-order valence-corrected chi connectivity index (χ1v) is 8.03. The van der Waals surface area contributed by atoms with Gasteiger partial charge in [0.15, 0.2) is 0 Å². The highest BCUT2D eigenvalue weighted by molar-refractivity contribution is 5.93. The van der Waals surface area contributed by atoms with E-state index in [2.05, 4.69) is 15.7 Å². The Hall–Kier alpha value is -2.83. The Bertz CT molecular complexity index is 734. The minimum absolute atomic E-state index is 0.0657. The molecule has 0 aliphatic carbocycles. The number of likely N-dealkylation sites (tertiary alicyclic amines) is 1. The maximum Gasteiger partial charge on any atom is 0.321 e. The van der Waals surface area contributed by atoms with E-state index in [-0.39, 0.29) is 11.9 Å². The second-order valence-corrected chi connectivity index (χ2v) is 5.91. The molecule has 2 N–H and O–H groups in total. The summed E-state index contributed by atoms with van der Waals surface area (Å²) in [5, 5.41) is 9.74. The van der Waals surface area contributed by atoms with Crippen molar-refractivity contribution in [3.8, 4) is 0 Å². The highest BCUT2D eigenvalue weighted by Gasteiger charge is 2.17. The topological polar surface area (TPSA) is 79.3 Å². The molecule has 24 heavy (non-hydrogen) atoms. The smallest absolute Gasteiger partial charge is 0.321 e. The lowest BCUT2D eigenvalue weighted by Gasteiger charge is -2.16. The normalized spacial score (nSPS) is 13.8. The lowest BCUT2D eigenvalue weighted by atomic mass is 10.2. The van der Waals surface area contributed by atoms with Gasteiger partial charge in [0.1, 0.15) is 0 Å². The number of urea groups is 1. The zero-order valence-electron chi connectivity index (χ0n) is 13.7. The molecule has 2 aromatic rings. The third kappa shape index (κ3) is 3.92. The van der Waals surface area contributed by atoms with Crippen LogP contribution in [0.2, 0.25) is 0 Å². The van der Waals surface area contributed by atoms with Gasteiger partial charge < -0.3 is 15.5 Å². The van der Waals surface area contributed by atoms with Crippen molar-refractivity contribution in [2.75, 3.05) is 18.4 Å². The molecule has 0 unspecified atom stereocenters. The van der Waals surface area contributed by atoms with Gasteiger partial charge in [0.2, 0.25) is 0 Å². The van der Waals surface area contributed by atoms with E-state index in [4.69, 9.17) is 0 Å². The molecule has 1 aliphatic heterocycles. The fraction of sp³-hybridized carbons (Fsp3) is 0.353. The standard InChI is InChI=1S/C17H21N5O2/c1-21-12-14(11-19-21)16(23)18-10-13-5-4-6-15(9-13)20-17(24)22-7-2-3-8-22/h4-6,9,11-12H,2-3,7-8,10H2,1H3,(H,18,23)(H,20,24). The van der Waals surface area contributed by atoms with Crippen LogP contribution in [0.5, 0.6) is 0 Å². The number of carbonyl (C=O) groups is 2. The van der Waals surface area contributed by atoms with Gasteiger partial charge in [-0.3, -0.25) is 9.48 Å². The van der Waals surface area contributed by atoms with Crippen LogP contribution in [0.4, 0.5) is 10.5 Å². The Labute approximate surface area is 140 Å². The monoisotopic (exact) mass is 327 g/mol. The fourth-order valence-electron chi connectivity index (χ4n) is 2.70. The molecule has 1 saturated heterocycles. The molecule has 1 fully saturated rings. The van der Waals surface area contributed by atoms with E-state index in [1.54, 1.807) is 17.9 Å². The molecule has 7 nitrogen and oxygen atoms in total. The summed E-state index contributed by atoms with van der Waals surface area (Å²) >= 11 is 0. The predicted molar refractivity (Wildman–Crippen MR) is 90.6 cm³/mol. The molecule has 1 aliphatic rings. The number of carbonyl (C=O) groups excluding carboxylic acids is 2. The van der Waals surface area contributed by atoms with Gasteiger partial charge in [-0.15, -0.1) is 0 Å². The summed E-state index contributed by atoms with van der Waals surface area (Å²) < 4.78 is 1.59. The number of anilines is 1. The molecule has 0 radical (unpaired) electrons. The largest absolute Gasteiger partial charge is 0.348 e. The number of benzene rings is 1. The van der Waals surface area contributed by atoms with Crippen molar-refractivity contribution in [2.45, 2.75) is 19.4 Å². The Kier molecular flexibility index (Phi) is 4.79. The highest BCUT2D eigenvalue weighted by atomic mass is 16.2. The number of aromatic nitrogens is 2. The van der Waals surface area contributed by atoms with E-state index < -0.39 is 0 Å². The third-order valence-corrected chi connectivity index (χ3v) is 3.99. The number of aryl methyl sites for hydroxylation is 1. The van der Waals surface area contributed by atoms with Crippen LogP contribution in [0, 0.1) is 0 Å². The fourth-order valence-corrected chi connectivity index (χ4v) is 2.70. The molecule has 1 aromatic carbocycles. The molecular weight excluding hydrogens is 306 g/mol. The number of hydrogen-bond acceptors (Lipinski definition) is 3. The summed E-state index contributed by atoms with van der Waals surface area (Å²) in [5.41, 5.74) is 2.18. The number of amides is 3. The van der Waals surface area contributed by atoms with Crippen LogP contribution < -0.4 is 10.6 Å². The number of nitrogens with one attached hydrogen (secondary N) is 2. The molecular formula is C17H21N5O2. The zero-order valence-corrected chi connectivity index (χ0v) is 13.7. The van der Waals surface area contributed by atoms with E-state index in [0.29, 0.717) is 12.1 Å². The van der Waals surface area contributed by atoms with E-state index in [1.807, 2.05) is 29.2 Å². The third-order valence-electron chi connectivity index (χ3n) is 3.99. The van der Waals surface area contributed by atoms with Gasteiger partial charge in [-0.25, -0.2) is 4.79 Å². The zero-order chi connectivity index (χ0) is 16.9. The molecule has 0 bridgehead atoms. The molecule has 7 heteroatoms. The molecule has 1 aromatic heterocycles. The summed E-state index contributed by atoms with van der Waals surface area (Å²) in [6.07, 6.45) is 5.33. The quantitative estimate of drug-likeness (QED) is 0.901. The molecule has 126 valence electrons. The van der Waals surface area contributed by atoms with E-state index in [9.17, 15) is 9.59 Å². The van der Waals surface area contributed by atoms with Gasteiger partial charge in [-0.05, 0) is 30.5 Å². The Morgan fingerprint density at radius 3 is 2.75 bits per heavy atom. The number of rotatable bonds is 4. The SMILES string of the molecule is Cn1cc(C(=O)NCc2cccc(NC(=O)N3CCCC3)c2)cn1. The van der Waals surface area contributed by atoms with Gasteiger partial charge in [-0.1, -0.05) is 12.1 Å². The maximum absolute atomic E-state index is 12.1. The summed E-state index contributed by atoms with van der Waals surface area (Å²) in [5.74, 6) is -0.172. The molecule has 0 saturated carbocycles. The average molecular weight is 327 g/mol. The number of nitrogens with zero attached hydrogens (tertiary/aromatic N) is 3. The second kappa shape index (κ2) is 7.16. The van der Waals surface area contributed by atoms with E-state index in [0.717, 1.165) is 37.2 Å². The van der Waals surface area contributed by atoms with Crippen molar-refractivity contribution < 1.29 is 9.59 Å². The van der Waals surface area contributed by atoms with Gasteiger partial charge in [0.25, 0.3) is 5.91 Å². The maximum atomic E-state index is 12.1. The van der Waals surface area contributed by atoms with Crippen LogP contribution >= 0.6 is 0 Å². The summed E-state index contributed by atoms with van der Waals surface area (Å²) in [7, 11) is 1.77. The van der Waals surface area contributed by atoms with Crippen molar-refractivity contribution in [3.63, 3.8) is 0 Å². The minimum atomic E-state index is -0.172. The van der Waals surface area contributed by atoms with Crippen molar-refractivity contribution in [1.82, 2.24) is 20.0 Å². The first-order valence-electron chi connectivity index (χ1n) is 8.03. The van der Waals surface area contributed by atoms with Crippen LogP contribution in [0.3, 0.4) is 0 Å². The minimum Gasteiger partial charge on any atom is -0.348 e. The van der Waals surface area contributed by atoms with Gasteiger partial charge in [0.05, 0.1) is 11.8 Å². The number of hydrogen-bond donors (Lipinski definition) is 2. The van der Waals surface area contributed by atoms with Crippen LogP contribution in [0.15, 0.2) is 36.7 Å². The lowest BCUT2D eigenvalue weighted by Crippen LogP contribution is -2.32. The van der Waals surface area contributed by atoms with Gasteiger partial charge in [0, 0.05) is 38.6 Å².